The summed E-state index contributed by atoms with van der Waals surface area (Å²) < 4.78 is 8.25. The smallest absolute Gasteiger partial charge is 0.187 e. The fourth-order valence-corrected chi connectivity index (χ4v) is 4.96. The van der Waals surface area contributed by atoms with E-state index in [1.54, 1.807) is 23.9 Å². The molecular formula is C26H28N4OS. The summed E-state index contributed by atoms with van der Waals surface area (Å²) in [6.07, 6.45) is 13.1. The molecule has 1 aliphatic rings. The van der Waals surface area contributed by atoms with E-state index < -0.39 is 0 Å². The molecule has 2 aromatic heterocycles. The molecule has 0 saturated heterocycles. The first-order chi connectivity index (χ1) is 15.8. The number of benzene rings is 2. The molecule has 1 aliphatic carbocycles. The Morgan fingerprint density at radius 3 is 2.69 bits per heavy atom. The Kier molecular flexibility index (Phi) is 6.21. The maximum Gasteiger partial charge on any atom is 0.187 e. The van der Waals surface area contributed by atoms with Gasteiger partial charge in [-0.3, -0.25) is 0 Å². The minimum absolute atomic E-state index is 0.369. The molecule has 0 radical (unpaired) electrons. The zero-order valence-electron chi connectivity index (χ0n) is 18.3. The number of imidazole rings is 1. The first kappa shape index (κ1) is 20.8. The van der Waals surface area contributed by atoms with E-state index in [1.165, 1.54) is 37.7 Å². The van der Waals surface area contributed by atoms with Crippen molar-refractivity contribution >= 4 is 22.2 Å². The van der Waals surface area contributed by atoms with Gasteiger partial charge in [0.05, 0.1) is 18.1 Å². The Labute approximate surface area is 193 Å². The molecule has 164 valence electrons. The Balaban J connectivity index is 1.28. The molecule has 1 saturated carbocycles. The molecule has 2 heterocycles. The highest BCUT2D eigenvalue weighted by Crippen LogP contribution is 2.32. The summed E-state index contributed by atoms with van der Waals surface area (Å²) >= 11 is 1.62. The molecule has 0 aliphatic heterocycles. The molecule has 0 spiro atoms. The quantitative estimate of drug-likeness (QED) is 0.333. The van der Waals surface area contributed by atoms with Crippen molar-refractivity contribution in [1.29, 1.82) is 0 Å². The lowest BCUT2D eigenvalue weighted by Crippen LogP contribution is -2.19. The van der Waals surface area contributed by atoms with E-state index >= 15 is 0 Å². The van der Waals surface area contributed by atoms with Gasteiger partial charge in [0, 0.05) is 34.7 Å². The summed E-state index contributed by atoms with van der Waals surface area (Å²) in [5, 5.41) is 6.51. The minimum atomic E-state index is 0.369. The van der Waals surface area contributed by atoms with Crippen LogP contribution in [0.25, 0.3) is 16.9 Å². The van der Waals surface area contributed by atoms with Gasteiger partial charge in [-0.25, -0.2) is 9.97 Å². The van der Waals surface area contributed by atoms with Gasteiger partial charge in [-0.15, -0.1) is 11.3 Å². The van der Waals surface area contributed by atoms with Gasteiger partial charge in [-0.1, -0.05) is 25.5 Å². The second kappa shape index (κ2) is 9.57. The van der Waals surface area contributed by atoms with E-state index in [4.69, 9.17) is 9.72 Å². The van der Waals surface area contributed by atoms with E-state index in [0.29, 0.717) is 6.10 Å². The summed E-state index contributed by atoms with van der Waals surface area (Å²) in [6.45, 7) is 2.18. The number of anilines is 2. The third-order valence-corrected chi connectivity index (χ3v) is 6.78. The molecule has 32 heavy (non-hydrogen) atoms. The molecule has 0 amide bonds. The zero-order chi connectivity index (χ0) is 21.8. The highest BCUT2D eigenvalue weighted by atomic mass is 32.1. The Hall–Kier alpha value is -3.12. The van der Waals surface area contributed by atoms with Crippen LogP contribution in [0.3, 0.4) is 0 Å². The normalized spacial score (nSPS) is 14.4. The molecule has 1 fully saturated rings. The monoisotopic (exact) mass is 444 g/mol. The number of nitrogens with one attached hydrogen (secondary N) is 1. The van der Waals surface area contributed by atoms with Crippen molar-refractivity contribution in [3.63, 3.8) is 0 Å². The SMILES string of the molecule is CCc1cc(OC2CCCCC2)ccc1Nc1nc(-c2ccc(-n3ccnc3)cc2)cs1. The highest BCUT2D eigenvalue weighted by Gasteiger charge is 2.16. The predicted molar refractivity (Wildman–Crippen MR) is 131 cm³/mol. The third kappa shape index (κ3) is 4.70. The van der Waals surface area contributed by atoms with Crippen molar-refractivity contribution in [1.82, 2.24) is 14.5 Å². The largest absolute Gasteiger partial charge is 0.490 e. The summed E-state index contributed by atoms with van der Waals surface area (Å²) in [5.41, 5.74) is 5.51. The van der Waals surface area contributed by atoms with Gasteiger partial charge in [0.2, 0.25) is 0 Å². The van der Waals surface area contributed by atoms with Crippen molar-refractivity contribution in [2.45, 2.75) is 51.6 Å². The Morgan fingerprint density at radius 2 is 1.94 bits per heavy atom. The maximum absolute atomic E-state index is 6.25. The molecular weight excluding hydrogens is 416 g/mol. The number of nitrogens with zero attached hydrogens (tertiary/aromatic N) is 3. The van der Waals surface area contributed by atoms with Gasteiger partial charge in [0.25, 0.3) is 0 Å². The molecule has 6 heteroatoms. The average Bonchev–Trinajstić information content (AvgIpc) is 3.54. The summed E-state index contributed by atoms with van der Waals surface area (Å²) in [7, 11) is 0. The summed E-state index contributed by atoms with van der Waals surface area (Å²) in [4.78, 5) is 8.92. The first-order valence-electron chi connectivity index (χ1n) is 11.4. The highest BCUT2D eigenvalue weighted by molar-refractivity contribution is 7.14. The Morgan fingerprint density at radius 1 is 1.09 bits per heavy atom. The van der Waals surface area contributed by atoms with Crippen LogP contribution in [0.1, 0.15) is 44.6 Å². The second-order valence-electron chi connectivity index (χ2n) is 8.23. The van der Waals surface area contributed by atoms with Crippen LogP contribution in [-0.4, -0.2) is 20.6 Å². The van der Waals surface area contributed by atoms with Crippen LogP contribution in [0.4, 0.5) is 10.8 Å². The molecule has 5 nitrogen and oxygen atoms in total. The average molecular weight is 445 g/mol. The van der Waals surface area contributed by atoms with E-state index in [9.17, 15) is 0 Å². The lowest BCUT2D eigenvalue weighted by atomic mass is 9.98. The lowest BCUT2D eigenvalue weighted by molar-refractivity contribution is 0.155. The van der Waals surface area contributed by atoms with Crippen LogP contribution < -0.4 is 10.1 Å². The van der Waals surface area contributed by atoms with Crippen LogP contribution in [0.2, 0.25) is 0 Å². The van der Waals surface area contributed by atoms with Crippen molar-refractivity contribution in [2.75, 3.05) is 5.32 Å². The maximum atomic E-state index is 6.25. The van der Waals surface area contributed by atoms with Crippen LogP contribution in [0, 0.1) is 0 Å². The van der Waals surface area contributed by atoms with Crippen molar-refractivity contribution in [3.8, 4) is 22.7 Å². The number of hydrogen-bond acceptors (Lipinski definition) is 5. The molecule has 0 unspecified atom stereocenters. The summed E-state index contributed by atoms with van der Waals surface area (Å²) in [6, 6.07) is 14.8. The summed E-state index contributed by atoms with van der Waals surface area (Å²) in [5.74, 6) is 0.983. The van der Waals surface area contributed by atoms with Crippen LogP contribution in [0.15, 0.2) is 66.6 Å². The third-order valence-electron chi connectivity index (χ3n) is 6.02. The molecule has 0 atom stereocenters. The predicted octanol–water partition coefficient (Wildman–Crippen LogP) is 7.01. The van der Waals surface area contributed by atoms with Gasteiger partial charge in [0.1, 0.15) is 5.75 Å². The number of rotatable bonds is 7. The second-order valence-corrected chi connectivity index (χ2v) is 9.09. The van der Waals surface area contributed by atoms with Gasteiger partial charge in [-0.05, 0) is 68.0 Å². The number of thiazole rings is 1. The molecule has 1 N–H and O–H groups in total. The van der Waals surface area contributed by atoms with E-state index in [2.05, 4.69) is 65.1 Å². The van der Waals surface area contributed by atoms with Gasteiger partial charge in [-0.2, -0.15) is 0 Å². The first-order valence-corrected chi connectivity index (χ1v) is 12.3. The molecule has 0 bridgehead atoms. The molecule has 4 aromatic rings. The topological polar surface area (TPSA) is 52.0 Å². The van der Waals surface area contributed by atoms with Gasteiger partial charge < -0.3 is 14.6 Å². The molecule has 5 rings (SSSR count). The van der Waals surface area contributed by atoms with E-state index in [0.717, 1.165) is 39.9 Å². The van der Waals surface area contributed by atoms with Gasteiger partial charge in [0.15, 0.2) is 5.13 Å². The van der Waals surface area contributed by atoms with Crippen LogP contribution in [-0.2, 0) is 6.42 Å². The minimum Gasteiger partial charge on any atom is -0.490 e. The Bertz CT molecular complexity index is 1150. The molecule has 2 aromatic carbocycles. The number of hydrogen-bond donors (Lipinski definition) is 1. The fraction of sp³-hybridized carbons (Fsp3) is 0.308. The zero-order valence-corrected chi connectivity index (χ0v) is 19.1. The van der Waals surface area contributed by atoms with Crippen LogP contribution in [0.5, 0.6) is 5.75 Å². The standard InChI is InChI=1S/C26H28N4OS/c1-2-19-16-23(31-22-6-4-3-5-7-22)12-13-24(19)28-26-29-25(17-32-26)20-8-10-21(11-9-20)30-15-14-27-18-30/h8-18,22H,2-7H2,1H3,(H,28,29). The van der Waals surface area contributed by atoms with Crippen molar-refractivity contribution in [3.05, 3.63) is 72.1 Å². The van der Waals surface area contributed by atoms with E-state index in [1.807, 2.05) is 10.8 Å². The van der Waals surface area contributed by atoms with Crippen molar-refractivity contribution < 1.29 is 4.74 Å². The van der Waals surface area contributed by atoms with Gasteiger partial charge >= 0.3 is 0 Å². The number of aromatic nitrogens is 3. The van der Waals surface area contributed by atoms with E-state index in [-0.39, 0.29) is 0 Å². The number of aryl methyl sites for hydroxylation is 1. The fourth-order valence-electron chi connectivity index (χ4n) is 4.23. The van der Waals surface area contributed by atoms with Crippen molar-refractivity contribution in [2.24, 2.45) is 0 Å². The van der Waals surface area contributed by atoms with Crippen LogP contribution >= 0.6 is 11.3 Å². The lowest BCUT2D eigenvalue weighted by Gasteiger charge is -2.23. The number of ether oxygens (including phenoxy) is 1.